The third kappa shape index (κ3) is 4.52. The number of methoxy groups -OCH3 is 1. The van der Waals surface area contributed by atoms with Crippen molar-refractivity contribution in [2.75, 3.05) is 13.7 Å². The van der Waals surface area contributed by atoms with Crippen molar-refractivity contribution in [2.45, 2.75) is 13.3 Å². The molecule has 0 aromatic heterocycles. The first-order valence-electron chi connectivity index (χ1n) is 7.57. The molecule has 2 aromatic rings. The lowest BCUT2D eigenvalue weighted by Gasteiger charge is -2.10. The monoisotopic (exact) mass is 346 g/mol. The molecule has 4 nitrogen and oxygen atoms in total. The first-order valence-corrected chi connectivity index (χ1v) is 7.94. The molecule has 5 heteroatoms. The van der Waals surface area contributed by atoms with Crippen molar-refractivity contribution >= 4 is 29.2 Å². The molecule has 24 heavy (non-hydrogen) atoms. The van der Waals surface area contributed by atoms with Gasteiger partial charge >= 0.3 is 5.97 Å². The Balaban J connectivity index is 2.46. The summed E-state index contributed by atoms with van der Waals surface area (Å²) in [7, 11) is 1.49. The quantitative estimate of drug-likeness (QED) is 0.580. The molecule has 0 unspecified atom stereocenters. The molecule has 0 atom stereocenters. The molecule has 0 amide bonds. The van der Waals surface area contributed by atoms with Crippen molar-refractivity contribution in [3.63, 3.8) is 0 Å². The summed E-state index contributed by atoms with van der Waals surface area (Å²) in [4.78, 5) is 11.7. The van der Waals surface area contributed by atoms with Crippen LogP contribution in [0.3, 0.4) is 0 Å². The van der Waals surface area contributed by atoms with Gasteiger partial charge in [0, 0.05) is 10.6 Å². The largest absolute Gasteiger partial charge is 0.496 e. The Hall–Kier alpha value is -2.46. The molecular weight excluding hydrogens is 328 g/mol. The Kier molecular flexibility index (Phi) is 6.27. The third-order valence-electron chi connectivity index (χ3n) is 3.32. The topological polar surface area (TPSA) is 55.8 Å². The summed E-state index contributed by atoms with van der Waals surface area (Å²) in [6.45, 7) is 2.64. The molecule has 0 saturated heterocycles. The van der Waals surface area contributed by atoms with Crippen LogP contribution in [-0.4, -0.2) is 24.8 Å². The number of hydrogen-bond acceptors (Lipinski definition) is 3. The number of aliphatic carboxylic acids is 1. The van der Waals surface area contributed by atoms with Gasteiger partial charge in [-0.15, -0.1) is 0 Å². The van der Waals surface area contributed by atoms with Gasteiger partial charge in [-0.1, -0.05) is 30.7 Å². The predicted molar refractivity (Wildman–Crippen MR) is 95.7 cm³/mol. The second-order valence-corrected chi connectivity index (χ2v) is 5.57. The zero-order valence-electron chi connectivity index (χ0n) is 13.6. The number of benzene rings is 2. The average molecular weight is 347 g/mol. The lowest BCUT2D eigenvalue weighted by atomic mass is 10.0. The summed E-state index contributed by atoms with van der Waals surface area (Å²) < 4.78 is 10.8. The van der Waals surface area contributed by atoms with Crippen LogP contribution >= 0.6 is 11.6 Å². The number of halogens is 1. The maximum absolute atomic E-state index is 11.7. The van der Waals surface area contributed by atoms with Crippen LogP contribution < -0.4 is 9.47 Å². The Morgan fingerprint density at radius 1 is 1.25 bits per heavy atom. The van der Waals surface area contributed by atoms with E-state index in [9.17, 15) is 9.90 Å². The summed E-state index contributed by atoms with van der Waals surface area (Å²) >= 11 is 6.01. The Morgan fingerprint density at radius 2 is 2.04 bits per heavy atom. The van der Waals surface area contributed by atoms with E-state index in [4.69, 9.17) is 21.1 Å². The molecule has 0 fully saturated rings. The highest BCUT2D eigenvalue weighted by molar-refractivity contribution is 6.31. The third-order valence-corrected chi connectivity index (χ3v) is 3.56. The normalized spacial score (nSPS) is 11.2. The van der Waals surface area contributed by atoms with Gasteiger partial charge in [0.2, 0.25) is 0 Å². The van der Waals surface area contributed by atoms with Crippen LogP contribution in [0.25, 0.3) is 11.6 Å². The molecule has 0 spiro atoms. The minimum absolute atomic E-state index is 0.0991. The highest BCUT2D eigenvalue weighted by atomic mass is 35.5. The fourth-order valence-corrected chi connectivity index (χ4v) is 2.40. The SMILES string of the molecule is CCCOc1cccc(/C=C(\C(=O)O)c2cc(Cl)ccc2OC)c1. The van der Waals surface area contributed by atoms with Crippen molar-refractivity contribution in [1.29, 1.82) is 0 Å². The summed E-state index contributed by atoms with van der Waals surface area (Å²) in [5, 5.41) is 10.1. The predicted octanol–water partition coefficient (Wildman–Crippen LogP) is 4.76. The molecule has 0 saturated carbocycles. The second kappa shape index (κ2) is 8.41. The Morgan fingerprint density at radius 3 is 2.71 bits per heavy atom. The molecule has 1 N–H and O–H groups in total. The number of hydrogen-bond donors (Lipinski definition) is 1. The van der Waals surface area contributed by atoms with E-state index in [2.05, 4.69) is 0 Å². The van der Waals surface area contributed by atoms with Crippen molar-refractivity contribution < 1.29 is 19.4 Å². The fourth-order valence-electron chi connectivity index (χ4n) is 2.23. The van der Waals surface area contributed by atoms with Crippen LogP contribution in [0.5, 0.6) is 11.5 Å². The van der Waals surface area contributed by atoms with Crippen LogP contribution in [0.2, 0.25) is 5.02 Å². The molecule has 0 radical (unpaired) electrons. The minimum Gasteiger partial charge on any atom is -0.496 e. The number of rotatable bonds is 7. The summed E-state index contributed by atoms with van der Waals surface area (Å²) in [5.74, 6) is 0.0929. The molecule has 0 aliphatic heterocycles. The van der Waals surface area contributed by atoms with Crippen molar-refractivity contribution in [3.8, 4) is 11.5 Å². The number of carboxylic acids is 1. The van der Waals surface area contributed by atoms with E-state index in [0.29, 0.717) is 28.7 Å². The van der Waals surface area contributed by atoms with Crippen molar-refractivity contribution in [2.24, 2.45) is 0 Å². The van der Waals surface area contributed by atoms with Crippen LogP contribution in [0.1, 0.15) is 24.5 Å². The van der Waals surface area contributed by atoms with Gasteiger partial charge in [0.15, 0.2) is 0 Å². The van der Waals surface area contributed by atoms with Gasteiger partial charge in [-0.2, -0.15) is 0 Å². The maximum Gasteiger partial charge on any atom is 0.336 e. The van der Waals surface area contributed by atoms with Crippen LogP contribution in [0.4, 0.5) is 0 Å². The van der Waals surface area contributed by atoms with Gasteiger partial charge in [0.05, 0.1) is 19.3 Å². The zero-order chi connectivity index (χ0) is 17.5. The van der Waals surface area contributed by atoms with E-state index < -0.39 is 5.97 Å². The van der Waals surface area contributed by atoms with Gasteiger partial charge in [0.25, 0.3) is 0 Å². The van der Waals surface area contributed by atoms with E-state index in [1.54, 1.807) is 30.3 Å². The second-order valence-electron chi connectivity index (χ2n) is 5.13. The zero-order valence-corrected chi connectivity index (χ0v) is 14.3. The van der Waals surface area contributed by atoms with E-state index in [1.165, 1.54) is 7.11 Å². The van der Waals surface area contributed by atoms with Gasteiger partial charge in [-0.25, -0.2) is 4.79 Å². The Bertz CT molecular complexity index is 753. The van der Waals surface area contributed by atoms with Crippen molar-refractivity contribution in [1.82, 2.24) is 0 Å². The van der Waals surface area contributed by atoms with Crippen LogP contribution in [0.15, 0.2) is 42.5 Å². The van der Waals surface area contributed by atoms with E-state index >= 15 is 0 Å². The minimum atomic E-state index is -1.06. The molecule has 2 rings (SSSR count). The Labute approximate surface area is 146 Å². The van der Waals surface area contributed by atoms with E-state index in [0.717, 1.165) is 12.0 Å². The number of ether oxygens (including phenoxy) is 2. The molecule has 0 bridgehead atoms. The van der Waals surface area contributed by atoms with Gasteiger partial charge in [-0.3, -0.25) is 0 Å². The van der Waals surface area contributed by atoms with Gasteiger partial charge < -0.3 is 14.6 Å². The molecule has 2 aromatic carbocycles. The smallest absolute Gasteiger partial charge is 0.336 e. The first kappa shape index (κ1) is 17.9. The summed E-state index contributed by atoms with van der Waals surface area (Å²) in [6, 6.07) is 12.2. The standard InChI is InChI=1S/C19H19ClO4/c1-3-9-24-15-6-4-5-13(10-15)11-17(19(21)22)16-12-14(20)7-8-18(16)23-2/h4-8,10-12H,3,9H2,1-2H3,(H,21,22)/b17-11-. The first-order chi connectivity index (χ1) is 11.5. The number of carboxylic acid groups (broad SMARTS) is 1. The fraction of sp³-hybridized carbons (Fsp3) is 0.211. The highest BCUT2D eigenvalue weighted by Crippen LogP contribution is 2.31. The molecule has 0 aliphatic carbocycles. The molecule has 0 heterocycles. The highest BCUT2D eigenvalue weighted by Gasteiger charge is 2.16. The molecule has 0 aliphatic rings. The maximum atomic E-state index is 11.7. The summed E-state index contributed by atoms with van der Waals surface area (Å²) in [5.41, 5.74) is 1.25. The lowest BCUT2D eigenvalue weighted by molar-refractivity contribution is -0.130. The van der Waals surface area contributed by atoms with Gasteiger partial charge in [-0.05, 0) is 48.4 Å². The average Bonchev–Trinajstić information content (AvgIpc) is 2.58. The van der Waals surface area contributed by atoms with E-state index in [-0.39, 0.29) is 5.57 Å². The van der Waals surface area contributed by atoms with Crippen LogP contribution in [0, 0.1) is 0 Å². The number of carbonyl (C=O) groups is 1. The van der Waals surface area contributed by atoms with Gasteiger partial charge in [0.1, 0.15) is 11.5 Å². The summed E-state index contributed by atoms with van der Waals surface area (Å²) in [6.07, 6.45) is 2.48. The van der Waals surface area contributed by atoms with E-state index in [1.807, 2.05) is 25.1 Å². The van der Waals surface area contributed by atoms with Crippen molar-refractivity contribution in [3.05, 3.63) is 58.6 Å². The lowest BCUT2D eigenvalue weighted by Crippen LogP contribution is -2.02. The molecular formula is C19H19ClO4. The van der Waals surface area contributed by atoms with Crippen LogP contribution in [-0.2, 0) is 4.79 Å². The molecule has 126 valence electrons.